The second-order valence-electron chi connectivity index (χ2n) is 13.2. The molecule has 0 spiro atoms. The first-order chi connectivity index (χ1) is 19.7. The van der Waals surface area contributed by atoms with Gasteiger partial charge in [0, 0.05) is 32.7 Å². The minimum atomic E-state index is -0.626. The zero-order valence-corrected chi connectivity index (χ0v) is 25.7. The van der Waals surface area contributed by atoms with Crippen molar-refractivity contribution in [2.24, 2.45) is 0 Å². The van der Waals surface area contributed by atoms with Crippen LogP contribution in [0.1, 0.15) is 47.1 Å². The largest absolute Gasteiger partial charge is 0.445 e. The molecular formula is C30H46N4O8. The molecule has 4 fully saturated rings. The van der Waals surface area contributed by atoms with Gasteiger partial charge in [-0.2, -0.15) is 0 Å². The van der Waals surface area contributed by atoms with E-state index >= 15 is 0 Å². The molecule has 4 aliphatic rings. The molecule has 1 aromatic carbocycles. The number of carbonyl (C=O) groups excluding carboxylic acids is 3. The maximum absolute atomic E-state index is 12.3. The third kappa shape index (κ3) is 9.20. The van der Waals surface area contributed by atoms with Gasteiger partial charge >= 0.3 is 18.3 Å². The van der Waals surface area contributed by atoms with E-state index in [9.17, 15) is 19.5 Å². The van der Waals surface area contributed by atoms with E-state index in [1.165, 1.54) is 0 Å². The van der Waals surface area contributed by atoms with Crippen LogP contribution in [0.25, 0.3) is 0 Å². The number of nitrogens with zero attached hydrogens (tertiary/aromatic N) is 4. The predicted octanol–water partition coefficient (Wildman–Crippen LogP) is 2.93. The molecule has 4 aliphatic heterocycles. The molecule has 234 valence electrons. The van der Waals surface area contributed by atoms with Gasteiger partial charge in [0.1, 0.15) is 30.0 Å². The topological polar surface area (TPSA) is 125 Å². The normalized spacial score (nSPS) is 25.7. The van der Waals surface area contributed by atoms with Crippen LogP contribution in [0, 0.1) is 0 Å². The van der Waals surface area contributed by atoms with Crippen LogP contribution in [-0.4, -0.2) is 131 Å². The van der Waals surface area contributed by atoms with Crippen molar-refractivity contribution in [2.75, 3.05) is 52.4 Å². The Bertz CT molecular complexity index is 1070. The highest BCUT2D eigenvalue weighted by atomic mass is 16.6. The summed E-state index contributed by atoms with van der Waals surface area (Å²) >= 11 is 0. The van der Waals surface area contributed by atoms with E-state index in [1.807, 2.05) is 71.9 Å². The number of morpholine rings is 1. The lowest BCUT2D eigenvalue weighted by atomic mass is 10.1. The van der Waals surface area contributed by atoms with Crippen LogP contribution in [0.4, 0.5) is 14.4 Å². The number of amides is 3. The average molecular weight is 591 g/mol. The van der Waals surface area contributed by atoms with Crippen LogP contribution in [0.2, 0.25) is 0 Å². The number of epoxide rings is 1. The molecule has 1 N–H and O–H groups in total. The van der Waals surface area contributed by atoms with Gasteiger partial charge in [0.2, 0.25) is 0 Å². The number of hydrogen-bond acceptors (Lipinski definition) is 9. The SMILES string of the molecule is CC(C)(C)OC(=O)N1CC2OC2C1.CC(C)(C)OC(=O)N1C[C@@H](N2CCN(C(=O)OCc3ccccc3)CC2)[C@@H](O)C1. The van der Waals surface area contributed by atoms with Crippen molar-refractivity contribution in [3.63, 3.8) is 0 Å². The molecule has 12 nitrogen and oxygen atoms in total. The fourth-order valence-corrected chi connectivity index (χ4v) is 5.14. The van der Waals surface area contributed by atoms with E-state index < -0.39 is 23.4 Å². The van der Waals surface area contributed by atoms with Crippen molar-refractivity contribution >= 4 is 18.3 Å². The van der Waals surface area contributed by atoms with Crippen molar-refractivity contribution in [1.82, 2.24) is 19.6 Å². The average Bonchev–Trinajstić information content (AvgIpc) is 3.32. The molecule has 0 bridgehead atoms. The van der Waals surface area contributed by atoms with E-state index in [0.29, 0.717) is 45.8 Å². The number of carbonyl (C=O) groups is 3. The second-order valence-corrected chi connectivity index (χ2v) is 13.2. The fraction of sp³-hybridized carbons (Fsp3) is 0.700. The molecule has 0 radical (unpaired) electrons. The third-order valence-corrected chi connectivity index (χ3v) is 7.30. The fourth-order valence-electron chi connectivity index (χ4n) is 5.14. The Kier molecular flexibility index (Phi) is 9.89. The monoisotopic (exact) mass is 590 g/mol. The van der Waals surface area contributed by atoms with E-state index in [-0.39, 0.29) is 43.6 Å². The summed E-state index contributed by atoms with van der Waals surface area (Å²) in [4.78, 5) is 43.1. The molecule has 1 aromatic rings. The predicted molar refractivity (Wildman–Crippen MR) is 154 cm³/mol. The Balaban J connectivity index is 0.000000258. The summed E-state index contributed by atoms with van der Waals surface area (Å²) in [5.41, 5.74) is -0.00728. The second kappa shape index (κ2) is 13.0. The zero-order chi connectivity index (χ0) is 30.7. The first kappa shape index (κ1) is 31.8. The molecule has 2 unspecified atom stereocenters. The summed E-state index contributed by atoms with van der Waals surface area (Å²) < 4.78 is 21.2. The Morgan fingerprint density at radius 2 is 1.29 bits per heavy atom. The third-order valence-electron chi connectivity index (χ3n) is 7.30. The van der Waals surface area contributed by atoms with Crippen molar-refractivity contribution in [3.8, 4) is 0 Å². The number of aliphatic hydroxyl groups is 1. The lowest BCUT2D eigenvalue weighted by molar-refractivity contribution is 0.0227. The summed E-state index contributed by atoms with van der Waals surface area (Å²) in [6.45, 7) is 15.7. The lowest BCUT2D eigenvalue weighted by Gasteiger charge is -2.38. The van der Waals surface area contributed by atoms with Crippen LogP contribution in [0.3, 0.4) is 0 Å². The van der Waals surface area contributed by atoms with Gasteiger partial charge in [-0.05, 0) is 47.1 Å². The van der Waals surface area contributed by atoms with E-state index in [2.05, 4.69) is 4.90 Å². The maximum atomic E-state index is 12.3. The van der Waals surface area contributed by atoms with Gasteiger partial charge in [0.15, 0.2) is 0 Å². The summed E-state index contributed by atoms with van der Waals surface area (Å²) in [5, 5.41) is 10.4. The van der Waals surface area contributed by atoms with Gasteiger partial charge in [0.05, 0.1) is 31.8 Å². The number of hydrogen-bond donors (Lipinski definition) is 1. The van der Waals surface area contributed by atoms with Gasteiger partial charge in [0.25, 0.3) is 0 Å². The highest BCUT2D eigenvalue weighted by Gasteiger charge is 2.49. The van der Waals surface area contributed by atoms with Crippen molar-refractivity contribution in [3.05, 3.63) is 35.9 Å². The molecule has 5 rings (SSSR count). The number of fused-ring (bicyclic) bond motifs is 1. The number of benzene rings is 1. The number of piperazine rings is 1. The van der Waals surface area contributed by atoms with E-state index in [4.69, 9.17) is 18.9 Å². The zero-order valence-electron chi connectivity index (χ0n) is 25.7. The van der Waals surface area contributed by atoms with Crippen LogP contribution in [0.5, 0.6) is 0 Å². The Hall–Kier alpha value is -3.09. The number of β-amino-alcohol motifs (C(OH)–C–C–N with tert-alkyl or cyclic N) is 1. The summed E-state index contributed by atoms with van der Waals surface area (Å²) in [6, 6.07) is 9.44. The van der Waals surface area contributed by atoms with Crippen molar-refractivity contribution in [2.45, 2.75) is 83.7 Å². The Morgan fingerprint density at radius 3 is 1.81 bits per heavy atom. The van der Waals surface area contributed by atoms with Gasteiger partial charge in [-0.3, -0.25) is 4.90 Å². The van der Waals surface area contributed by atoms with E-state index in [0.717, 1.165) is 5.56 Å². The minimum absolute atomic E-state index is 0.148. The first-order valence-electron chi connectivity index (χ1n) is 14.7. The summed E-state index contributed by atoms with van der Waals surface area (Å²) in [5.74, 6) is 0. The van der Waals surface area contributed by atoms with E-state index in [1.54, 1.807) is 14.7 Å². The standard InChI is InChI=1S/C21H31N3O5.C9H15NO3/c1-21(2,3)29-20(27)24-13-17(18(25)14-24)22-9-11-23(12-10-22)19(26)28-15-16-7-5-4-6-8-16;1-9(2,3)13-8(11)10-4-6-7(5-10)12-6/h4-8,17-18,25H,9-15H2,1-3H3;6-7H,4-5H2,1-3H3/t17-,18+;/m1./s1. The lowest BCUT2D eigenvalue weighted by Crippen LogP contribution is -2.55. The number of rotatable bonds is 3. The Morgan fingerprint density at radius 1 is 0.762 bits per heavy atom. The highest BCUT2D eigenvalue weighted by Crippen LogP contribution is 2.31. The summed E-state index contributed by atoms with van der Waals surface area (Å²) in [7, 11) is 0. The molecule has 4 atom stereocenters. The molecule has 0 aliphatic carbocycles. The number of ether oxygens (including phenoxy) is 4. The molecule has 0 saturated carbocycles. The van der Waals surface area contributed by atoms with Crippen LogP contribution >= 0.6 is 0 Å². The number of likely N-dealkylation sites (tertiary alicyclic amines) is 2. The Labute approximate surface area is 248 Å². The number of aliphatic hydroxyl groups excluding tert-OH is 1. The highest BCUT2D eigenvalue weighted by molar-refractivity contribution is 5.69. The quantitative estimate of drug-likeness (QED) is 0.418. The van der Waals surface area contributed by atoms with Gasteiger partial charge in [-0.15, -0.1) is 0 Å². The van der Waals surface area contributed by atoms with Crippen molar-refractivity contribution in [1.29, 1.82) is 0 Å². The van der Waals surface area contributed by atoms with Crippen molar-refractivity contribution < 1.29 is 38.4 Å². The minimum Gasteiger partial charge on any atom is -0.445 e. The first-order valence-corrected chi connectivity index (χ1v) is 14.7. The van der Waals surface area contributed by atoms with Gasteiger partial charge in [-0.1, -0.05) is 30.3 Å². The van der Waals surface area contributed by atoms with Crippen LogP contribution in [0.15, 0.2) is 30.3 Å². The summed E-state index contributed by atoms with van der Waals surface area (Å²) in [6.07, 6.45) is -1.000. The molecule has 0 aromatic heterocycles. The molecule has 12 heteroatoms. The molecule has 4 heterocycles. The molecule has 4 saturated heterocycles. The molecule has 3 amide bonds. The maximum Gasteiger partial charge on any atom is 0.410 e. The smallest absolute Gasteiger partial charge is 0.410 e. The van der Waals surface area contributed by atoms with Gasteiger partial charge in [-0.25, -0.2) is 14.4 Å². The van der Waals surface area contributed by atoms with Crippen LogP contribution in [-0.2, 0) is 25.6 Å². The molecular weight excluding hydrogens is 544 g/mol. The van der Waals surface area contributed by atoms with Gasteiger partial charge < -0.3 is 38.8 Å². The van der Waals surface area contributed by atoms with Crippen LogP contribution < -0.4 is 0 Å². The molecule has 42 heavy (non-hydrogen) atoms.